The lowest BCUT2D eigenvalue weighted by atomic mass is 9.90. The molecule has 3 aromatic carbocycles. The summed E-state index contributed by atoms with van der Waals surface area (Å²) in [5, 5.41) is 2.78. The van der Waals surface area contributed by atoms with E-state index in [0.29, 0.717) is 17.9 Å². The molecule has 46 heavy (non-hydrogen) atoms. The second-order valence-corrected chi connectivity index (χ2v) is 11.5. The highest BCUT2D eigenvalue weighted by atomic mass is 79.9. The van der Waals surface area contributed by atoms with Crippen LogP contribution in [-0.2, 0) is 4.74 Å². The molecule has 1 aliphatic heterocycles. The van der Waals surface area contributed by atoms with E-state index in [1.54, 1.807) is 0 Å². The van der Waals surface area contributed by atoms with E-state index in [1.807, 2.05) is 48.5 Å². The van der Waals surface area contributed by atoms with Crippen LogP contribution in [-0.4, -0.2) is 57.3 Å². The summed E-state index contributed by atoms with van der Waals surface area (Å²) < 4.78 is 26.2. The normalized spacial score (nSPS) is 11.1. The fourth-order valence-corrected chi connectivity index (χ4v) is 5.95. The number of ether oxygens (including phenoxy) is 3. The van der Waals surface area contributed by atoms with Gasteiger partial charge in [-0.2, -0.15) is 0 Å². The summed E-state index contributed by atoms with van der Waals surface area (Å²) in [5.74, 6) is 1.74. The number of halogens is 1. The zero-order valence-corrected chi connectivity index (χ0v) is 28.6. The van der Waals surface area contributed by atoms with Gasteiger partial charge in [0.1, 0.15) is 49.1 Å². The third-order valence-corrected chi connectivity index (χ3v) is 8.42. The van der Waals surface area contributed by atoms with Crippen molar-refractivity contribution in [2.45, 2.75) is 27.7 Å². The molecule has 0 saturated heterocycles. The van der Waals surface area contributed by atoms with Crippen LogP contribution in [0.1, 0.15) is 38.1 Å². The molecule has 240 valence electrons. The lowest BCUT2D eigenvalue weighted by Crippen LogP contribution is -2.29. The maximum Gasteiger partial charge on any atom is 0.338 e. The summed E-state index contributed by atoms with van der Waals surface area (Å²) in [6, 6.07) is 27.7. The zero-order chi connectivity index (χ0) is 32.5. The van der Waals surface area contributed by atoms with Gasteiger partial charge in [-0.1, -0.05) is 40.2 Å². The van der Waals surface area contributed by atoms with Gasteiger partial charge in [-0.05, 0) is 69.7 Å². The minimum atomic E-state index is -0.407. The molecule has 0 saturated carbocycles. The topological polar surface area (TPSA) is 64.2 Å². The van der Waals surface area contributed by atoms with Crippen LogP contribution < -0.4 is 24.3 Å². The van der Waals surface area contributed by atoms with Gasteiger partial charge in [0, 0.05) is 58.8 Å². The maximum absolute atomic E-state index is 13.6. The van der Waals surface area contributed by atoms with Gasteiger partial charge in [0.2, 0.25) is 5.36 Å². The van der Waals surface area contributed by atoms with E-state index in [4.69, 9.17) is 18.6 Å². The van der Waals surface area contributed by atoms with Crippen LogP contribution in [0.15, 0.2) is 89.3 Å². The number of hydrogen-bond acceptors (Lipinski definition) is 6. The van der Waals surface area contributed by atoms with Crippen molar-refractivity contribution >= 4 is 38.6 Å². The Hall–Kier alpha value is -4.30. The summed E-state index contributed by atoms with van der Waals surface area (Å²) in [7, 11) is 0. The summed E-state index contributed by atoms with van der Waals surface area (Å²) in [6.07, 6.45) is 0. The fraction of sp³-hybridized carbons (Fsp3) is 0.316. The lowest BCUT2D eigenvalue weighted by Gasteiger charge is -2.22. The van der Waals surface area contributed by atoms with E-state index in [-0.39, 0.29) is 13.2 Å². The summed E-state index contributed by atoms with van der Waals surface area (Å²) in [5.41, 5.74) is 5.02. The van der Waals surface area contributed by atoms with Gasteiger partial charge in [0.25, 0.3) is 0 Å². The van der Waals surface area contributed by atoms with Gasteiger partial charge in [-0.25, -0.2) is 9.37 Å². The summed E-state index contributed by atoms with van der Waals surface area (Å²) in [6.45, 7) is 13.1. The van der Waals surface area contributed by atoms with Gasteiger partial charge >= 0.3 is 5.97 Å². The van der Waals surface area contributed by atoms with Gasteiger partial charge in [0.05, 0.1) is 18.2 Å². The molecule has 5 rings (SSSR count). The average Bonchev–Trinajstić information content (AvgIpc) is 3.09. The molecule has 0 aromatic heterocycles. The molecular weight excluding hydrogens is 644 g/mol. The molecule has 1 heterocycles. The standard InChI is InChI=1S/C38H42BrN2O5/c1-5-40(6-2)27-16-18-33-35(24-27)46-36-25-28(41(7-3)8-4)17-19-34(36)37(33)31-14-9-10-15-32(31)38(42)45-23-22-44-30-13-11-12-29(26-30)43-21-20-39/h9-19,24-26H,5-8,20-23H2,1-4H3/q+1. The van der Waals surface area contributed by atoms with Gasteiger partial charge in [-0.15, -0.1) is 0 Å². The molecule has 0 amide bonds. The highest BCUT2D eigenvalue weighted by Gasteiger charge is 2.23. The van der Waals surface area contributed by atoms with Gasteiger partial charge in [0.15, 0.2) is 0 Å². The molecule has 0 spiro atoms. The van der Waals surface area contributed by atoms with Crippen molar-refractivity contribution in [3.05, 3.63) is 95.8 Å². The van der Waals surface area contributed by atoms with E-state index in [2.05, 4.69) is 89.5 Å². The number of benzene rings is 4. The number of fused-ring (bicyclic) bond motifs is 2. The molecule has 0 atom stereocenters. The van der Waals surface area contributed by atoms with Crippen molar-refractivity contribution in [2.75, 3.05) is 56.2 Å². The second-order valence-electron chi connectivity index (χ2n) is 10.7. The number of anilines is 1. The quantitative estimate of drug-likeness (QED) is 0.0390. The average molecular weight is 687 g/mol. The molecule has 3 aromatic rings. The molecule has 0 radical (unpaired) electrons. The maximum atomic E-state index is 13.6. The third kappa shape index (κ3) is 7.39. The number of carbonyl (C=O) groups excluding carboxylic acids is 1. The van der Waals surface area contributed by atoms with Crippen molar-refractivity contribution in [3.8, 4) is 33.9 Å². The van der Waals surface area contributed by atoms with Crippen LogP contribution in [0, 0.1) is 0 Å². The zero-order valence-electron chi connectivity index (χ0n) is 27.1. The Balaban J connectivity index is 1.50. The van der Waals surface area contributed by atoms with Crippen LogP contribution in [0.3, 0.4) is 0 Å². The van der Waals surface area contributed by atoms with Crippen molar-refractivity contribution in [1.82, 2.24) is 4.58 Å². The molecule has 2 aliphatic rings. The SMILES string of the molecule is CCN(CC)c1ccc2c(-c3ccccc3C(=O)OCCOc3cccc(OCCBr)c3)c3ccc(=[N+](CC)CC)cc-3oc2c1. The van der Waals surface area contributed by atoms with Crippen LogP contribution >= 0.6 is 15.9 Å². The van der Waals surface area contributed by atoms with E-state index >= 15 is 0 Å². The number of rotatable bonds is 14. The molecule has 0 fully saturated rings. The Morgan fingerprint density at radius 2 is 1.52 bits per heavy atom. The van der Waals surface area contributed by atoms with Gasteiger partial charge in [-0.3, -0.25) is 0 Å². The minimum Gasteiger partial charge on any atom is -0.493 e. The number of nitrogens with zero attached hydrogens (tertiary/aromatic N) is 2. The van der Waals surface area contributed by atoms with Crippen molar-refractivity contribution in [2.24, 2.45) is 0 Å². The number of alkyl halides is 1. The molecule has 0 N–H and O–H groups in total. The Morgan fingerprint density at radius 1 is 0.783 bits per heavy atom. The van der Waals surface area contributed by atoms with Crippen LogP contribution in [0.4, 0.5) is 5.69 Å². The first kappa shape index (κ1) is 33.1. The highest BCUT2D eigenvalue weighted by Crippen LogP contribution is 2.42. The van der Waals surface area contributed by atoms with Crippen LogP contribution in [0.25, 0.3) is 33.4 Å². The predicted molar refractivity (Wildman–Crippen MR) is 190 cm³/mol. The molecule has 1 aliphatic carbocycles. The van der Waals surface area contributed by atoms with Gasteiger partial charge < -0.3 is 23.5 Å². The van der Waals surface area contributed by atoms with Crippen molar-refractivity contribution in [3.63, 3.8) is 0 Å². The molecule has 8 heteroatoms. The van der Waals surface area contributed by atoms with E-state index in [1.165, 1.54) is 0 Å². The number of hydrogen-bond donors (Lipinski definition) is 0. The van der Waals surface area contributed by atoms with Crippen LogP contribution in [0.2, 0.25) is 0 Å². The smallest absolute Gasteiger partial charge is 0.338 e. The predicted octanol–water partition coefficient (Wildman–Crippen LogP) is 7.87. The first-order chi connectivity index (χ1) is 22.5. The molecule has 0 bridgehead atoms. The monoisotopic (exact) mass is 685 g/mol. The summed E-state index contributed by atoms with van der Waals surface area (Å²) >= 11 is 3.37. The Labute approximate surface area is 279 Å². The first-order valence-electron chi connectivity index (χ1n) is 16.0. The number of esters is 1. The number of carbonyl (C=O) groups is 1. The third-order valence-electron chi connectivity index (χ3n) is 8.10. The Morgan fingerprint density at radius 3 is 2.24 bits per heavy atom. The Kier molecular flexibility index (Phi) is 11.4. The molecule has 7 nitrogen and oxygen atoms in total. The second kappa shape index (κ2) is 15.8. The van der Waals surface area contributed by atoms with Crippen molar-refractivity contribution in [1.29, 1.82) is 0 Å². The lowest BCUT2D eigenvalue weighted by molar-refractivity contribution is 0.0451. The van der Waals surface area contributed by atoms with E-state index in [0.717, 1.165) is 81.7 Å². The fourth-order valence-electron chi connectivity index (χ4n) is 5.79. The minimum absolute atomic E-state index is 0.103. The van der Waals surface area contributed by atoms with E-state index < -0.39 is 5.97 Å². The molecular formula is C38H42BrN2O5+. The highest BCUT2D eigenvalue weighted by molar-refractivity contribution is 9.09. The summed E-state index contributed by atoms with van der Waals surface area (Å²) in [4.78, 5) is 15.9. The largest absolute Gasteiger partial charge is 0.493 e. The van der Waals surface area contributed by atoms with Crippen LogP contribution in [0.5, 0.6) is 11.5 Å². The van der Waals surface area contributed by atoms with E-state index in [9.17, 15) is 4.79 Å². The first-order valence-corrected chi connectivity index (χ1v) is 17.1. The van der Waals surface area contributed by atoms with Crippen molar-refractivity contribution < 1.29 is 23.4 Å². The Bertz CT molecular complexity index is 1820. The molecule has 0 unspecified atom stereocenters.